The third-order valence-corrected chi connectivity index (χ3v) is 11.0. The first-order chi connectivity index (χ1) is 17.1. The van der Waals surface area contributed by atoms with Gasteiger partial charge in [-0.2, -0.15) is 0 Å². The molecule has 6 rings (SSSR count). The number of rotatable bonds is 0. The summed E-state index contributed by atoms with van der Waals surface area (Å²) < 4.78 is 0. The largest absolute Gasteiger partial charge is 0.0557 e. The van der Waals surface area contributed by atoms with E-state index in [1.165, 1.54) is 94.4 Å². The molecule has 0 nitrogen and oxygen atoms in total. The normalized spacial score (nSPS) is 16.7. The topological polar surface area (TPSA) is 0 Å². The van der Waals surface area contributed by atoms with E-state index in [4.69, 9.17) is 0 Å². The van der Waals surface area contributed by atoms with Crippen LogP contribution in [-0.2, 0) is 10.8 Å². The molecule has 0 fully saturated rings. The van der Waals surface area contributed by atoms with Crippen LogP contribution in [0.15, 0.2) is 0 Å². The molecule has 0 radical (unpaired) electrons. The third kappa shape index (κ3) is 2.65. The molecule has 0 bridgehead atoms. The zero-order chi connectivity index (χ0) is 27.3. The van der Waals surface area contributed by atoms with E-state index < -0.39 is 0 Å². The second-order valence-corrected chi connectivity index (χ2v) is 13.9. The van der Waals surface area contributed by atoms with Gasteiger partial charge in [0.1, 0.15) is 0 Å². The maximum absolute atomic E-state index is 2.50. The highest BCUT2D eigenvalue weighted by Crippen LogP contribution is 2.58. The van der Waals surface area contributed by atoms with Crippen LogP contribution in [0, 0.1) is 69.2 Å². The predicted molar refractivity (Wildman–Crippen MR) is 166 cm³/mol. The van der Waals surface area contributed by atoms with E-state index in [1.54, 1.807) is 21.9 Å². The quantitative estimate of drug-likeness (QED) is 0.150. The molecule has 0 unspecified atom stereocenters. The monoisotopic (exact) mass is 488 g/mol. The third-order valence-electron chi connectivity index (χ3n) is 11.0. The average molecular weight is 489 g/mol. The summed E-state index contributed by atoms with van der Waals surface area (Å²) in [5.41, 5.74) is 18.2. The summed E-state index contributed by atoms with van der Waals surface area (Å²) in [5, 5.41) is 12.2. The van der Waals surface area contributed by atoms with Gasteiger partial charge in [-0.1, -0.05) is 27.7 Å². The number of hydrogen-bond donors (Lipinski definition) is 0. The van der Waals surface area contributed by atoms with E-state index in [0.717, 1.165) is 0 Å². The molecule has 0 heteroatoms. The molecule has 1 aliphatic carbocycles. The van der Waals surface area contributed by atoms with Crippen LogP contribution in [0.3, 0.4) is 0 Å². The maximum atomic E-state index is 2.50. The lowest BCUT2D eigenvalue weighted by Crippen LogP contribution is -2.36. The van der Waals surface area contributed by atoms with E-state index in [9.17, 15) is 0 Å². The van der Waals surface area contributed by atoms with Crippen LogP contribution in [0.5, 0.6) is 0 Å². The first-order valence-corrected chi connectivity index (χ1v) is 14.2. The summed E-state index contributed by atoms with van der Waals surface area (Å²) in [4.78, 5) is 0. The van der Waals surface area contributed by atoms with Crippen LogP contribution in [0.25, 0.3) is 43.1 Å². The van der Waals surface area contributed by atoms with Crippen molar-refractivity contribution in [2.45, 2.75) is 114 Å². The number of benzene rings is 5. The van der Waals surface area contributed by atoms with E-state index in [1.807, 2.05) is 0 Å². The average Bonchev–Trinajstić information content (AvgIpc) is 2.79. The van der Waals surface area contributed by atoms with Gasteiger partial charge in [0, 0.05) is 0 Å². The molecule has 0 heterocycles. The van der Waals surface area contributed by atoms with Crippen molar-refractivity contribution in [1.82, 2.24) is 0 Å². The first kappa shape index (κ1) is 24.7. The van der Waals surface area contributed by atoms with Gasteiger partial charge in [-0.15, -0.1) is 0 Å². The summed E-state index contributed by atoms with van der Waals surface area (Å²) in [7, 11) is 0. The van der Waals surface area contributed by atoms with E-state index in [-0.39, 0.29) is 10.8 Å². The van der Waals surface area contributed by atoms with Crippen LogP contribution in [0.1, 0.15) is 101 Å². The van der Waals surface area contributed by atoms with Gasteiger partial charge in [-0.3, -0.25) is 0 Å². The Hall–Kier alpha value is -2.60. The van der Waals surface area contributed by atoms with Crippen LogP contribution in [-0.4, -0.2) is 0 Å². The van der Waals surface area contributed by atoms with Crippen molar-refractivity contribution < 1.29 is 0 Å². The van der Waals surface area contributed by atoms with Crippen molar-refractivity contribution >= 4 is 43.1 Å². The highest BCUT2D eigenvalue weighted by atomic mass is 14.5. The van der Waals surface area contributed by atoms with Crippen molar-refractivity contribution in [3.63, 3.8) is 0 Å². The van der Waals surface area contributed by atoms with Gasteiger partial charge < -0.3 is 0 Å². The smallest absolute Gasteiger partial charge is 0.00116 e. The fourth-order valence-electron chi connectivity index (χ4n) is 9.38. The van der Waals surface area contributed by atoms with Gasteiger partial charge in [-0.05, 0) is 196 Å². The maximum Gasteiger partial charge on any atom is -0.00116 e. The SMILES string of the molecule is Cc1c(C)c(C)c2c(c1C)c(C)c1c(C)c3c4c(c(C)c(C)c5c(C)c(C)c2c1c54)C(C)(C)CC3(C)C. The Morgan fingerprint density at radius 2 is 0.622 bits per heavy atom. The van der Waals surface area contributed by atoms with Gasteiger partial charge >= 0.3 is 0 Å². The lowest BCUT2D eigenvalue weighted by atomic mass is 9.58. The molecular weight excluding hydrogens is 444 g/mol. The highest BCUT2D eigenvalue weighted by molar-refractivity contribution is 6.34. The molecule has 192 valence electrons. The molecule has 1 aliphatic rings. The van der Waals surface area contributed by atoms with E-state index in [2.05, 4.69) is 96.9 Å². The Bertz CT molecular complexity index is 1870. The zero-order valence-electron chi connectivity index (χ0n) is 25.7. The minimum absolute atomic E-state index is 0.119. The van der Waals surface area contributed by atoms with Crippen LogP contribution >= 0.6 is 0 Å². The predicted octanol–water partition coefficient (Wildman–Crippen LogP) is 10.8. The number of fused-ring (bicyclic) bond motifs is 2. The summed E-state index contributed by atoms with van der Waals surface area (Å²) in [6, 6.07) is 0. The molecule has 5 aromatic carbocycles. The second-order valence-electron chi connectivity index (χ2n) is 13.9. The standard InChI is InChI=1S/C37H44/c1-16-17(2)19(4)29-27(18(16)3)24(9)28-25(10)35-33-32-26(20(5)21(6)30(29)31(28)32)22(7)23(8)34(33)36(11,12)15-37(35,13)14/h15H2,1-14H3. The first-order valence-electron chi connectivity index (χ1n) is 14.2. The fourth-order valence-corrected chi connectivity index (χ4v) is 9.38. The summed E-state index contributed by atoms with van der Waals surface area (Å²) >= 11 is 0. The minimum atomic E-state index is 0.119. The minimum Gasteiger partial charge on any atom is -0.0557 e. The van der Waals surface area contributed by atoms with Crippen molar-refractivity contribution in [2.24, 2.45) is 0 Å². The van der Waals surface area contributed by atoms with Gasteiger partial charge in [0.2, 0.25) is 0 Å². The molecule has 0 atom stereocenters. The molecule has 0 aromatic heterocycles. The molecule has 37 heavy (non-hydrogen) atoms. The summed E-state index contributed by atoms with van der Waals surface area (Å²) in [6.45, 7) is 33.8. The van der Waals surface area contributed by atoms with Crippen LogP contribution < -0.4 is 0 Å². The summed E-state index contributed by atoms with van der Waals surface area (Å²) in [5.74, 6) is 0. The Morgan fingerprint density at radius 3 is 1.19 bits per heavy atom. The van der Waals surface area contributed by atoms with E-state index >= 15 is 0 Å². The highest BCUT2D eigenvalue weighted by Gasteiger charge is 2.43. The van der Waals surface area contributed by atoms with Gasteiger partial charge in [0.15, 0.2) is 0 Å². The van der Waals surface area contributed by atoms with Crippen LogP contribution in [0.2, 0.25) is 0 Å². The molecule has 0 saturated heterocycles. The van der Waals surface area contributed by atoms with Crippen molar-refractivity contribution in [3.8, 4) is 0 Å². The van der Waals surface area contributed by atoms with Crippen molar-refractivity contribution in [2.75, 3.05) is 0 Å². The lowest BCUT2D eigenvalue weighted by Gasteiger charge is -2.46. The Balaban J connectivity index is 2.16. The molecular formula is C37H44. The molecule has 0 saturated carbocycles. The van der Waals surface area contributed by atoms with Gasteiger partial charge in [0.25, 0.3) is 0 Å². The molecule has 0 spiro atoms. The Kier molecular flexibility index (Phi) is 4.73. The van der Waals surface area contributed by atoms with Gasteiger partial charge in [-0.25, -0.2) is 0 Å². The molecule has 0 N–H and O–H groups in total. The molecule has 0 amide bonds. The zero-order valence-corrected chi connectivity index (χ0v) is 25.7. The van der Waals surface area contributed by atoms with Crippen LogP contribution in [0.4, 0.5) is 0 Å². The number of hydrogen-bond acceptors (Lipinski definition) is 0. The van der Waals surface area contributed by atoms with Gasteiger partial charge in [0.05, 0.1) is 0 Å². The van der Waals surface area contributed by atoms with E-state index in [0.29, 0.717) is 0 Å². The number of aryl methyl sites for hydroxylation is 7. The molecule has 5 aromatic rings. The Morgan fingerprint density at radius 1 is 0.297 bits per heavy atom. The van der Waals surface area contributed by atoms with Crippen molar-refractivity contribution in [3.05, 3.63) is 66.8 Å². The summed E-state index contributed by atoms with van der Waals surface area (Å²) in [6.07, 6.45) is 1.18. The molecule has 0 aliphatic heterocycles. The van der Waals surface area contributed by atoms with Crippen molar-refractivity contribution in [1.29, 1.82) is 0 Å². The Labute approximate surface area is 223 Å². The lowest BCUT2D eigenvalue weighted by molar-refractivity contribution is 0.339. The fraction of sp³-hybridized carbons (Fsp3) is 0.459. The second kappa shape index (κ2) is 7.07.